The predicted octanol–water partition coefficient (Wildman–Crippen LogP) is 6.73. The molecule has 0 bridgehead atoms. The average Bonchev–Trinajstić information content (AvgIpc) is 2.95. The lowest BCUT2D eigenvalue weighted by atomic mass is 9.96. The van der Waals surface area contributed by atoms with Crippen molar-refractivity contribution in [1.29, 1.82) is 0 Å². The molecule has 4 aromatic rings. The van der Waals surface area contributed by atoms with Crippen LogP contribution in [0.4, 0.5) is 27.6 Å². The van der Waals surface area contributed by atoms with Crippen LogP contribution in [0, 0.1) is 11.6 Å². The van der Waals surface area contributed by atoms with Gasteiger partial charge in [0.15, 0.2) is 23.1 Å². The number of hydrogen-bond donors (Lipinski definition) is 1. The first-order chi connectivity index (χ1) is 20.7. The van der Waals surface area contributed by atoms with Crippen LogP contribution in [0.5, 0.6) is 23.0 Å². The number of alkyl halides is 3. The van der Waals surface area contributed by atoms with Gasteiger partial charge in [-0.3, -0.25) is 4.79 Å². The fraction of sp³-hybridized carbons (Fsp3) is 0.167. The monoisotopic (exact) mass is 637 g/mol. The number of ether oxygens (including phenoxy) is 3. The first kappa shape index (κ1) is 32.1. The molecule has 8 nitrogen and oxygen atoms in total. The number of benzene rings is 4. The van der Waals surface area contributed by atoms with E-state index in [2.05, 4.69) is 0 Å². The normalized spacial score (nSPS) is 11.5. The number of anilines is 1. The third-order valence-electron chi connectivity index (χ3n) is 6.09. The van der Waals surface area contributed by atoms with E-state index in [0.29, 0.717) is 6.07 Å². The fourth-order valence-electron chi connectivity index (χ4n) is 4.21. The van der Waals surface area contributed by atoms with Gasteiger partial charge in [-0.1, -0.05) is 36.4 Å². The molecule has 232 valence electrons. The van der Waals surface area contributed by atoms with Gasteiger partial charge < -0.3 is 23.7 Å². The molecule has 0 aliphatic rings. The number of methoxy groups -OCH3 is 2. The van der Waals surface area contributed by atoms with Crippen molar-refractivity contribution in [3.8, 4) is 45.3 Å². The summed E-state index contributed by atoms with van der Waals surface area (Å²) in [5, 5.41) is 1.54. The Kier molecular flexibility index (Phi) is 9.33. The number of carbonyl (C=O) groups is 1. The van der Waals surface area contributed by atoms with Crippen molar-refractivity contribution in [2.75, 3.05) is 25.8 Å². The smallest absolute Gasteiger partial charge is 0.471 e. The van der Waals surface area contributed by atoms with Crippen molar-refractivity contribution >= 4 is 21.7 Å². The molecule has 0 aliphatic carbocycles. The first-order valence-corrected chi connectivity index (χ1v) is 14.4. The van der Waals surface area contributed by atoms with E-state index >= 15 is 8.78 Å². The van der Waals surface area contributed by atoms with Gasteiger partial charge in [-0.15, -0.1) is 0 Å². The highest BCUT2D eigenvalue weighted by Crippen LogP contribution is 2.51. The van der Waals surface area contributed by atoms with Crippen molar-refractivity contribution in [3.63, 3.8) is 0 Å². The van der Waals surface area contributed by atoms with Crippen LogP contribution in [0.15, 0.2) is 72.8 Å². The summed E-state index contributed by atoms with van der Waals surface area (Å²) in [5.74, 6) is -5.18. The summed E-state index contributed by atoms with van der Waals surface area (Å²) in [6, 6.07) is 16.8. The lowest BCUT2D eigenvalue weighted by molar-refractivity contribution is -0.167. The van der Waals surface area contributed by atoms with Crippen LogP contribution in [0.25, 0.3) is 22.3 Å². The molecule has 0 saturated heterocycles. The van der Waals surface area contributed by atoms with Gasteiger partial charge in [-0.05, 0) is 47.5 Å². The quantitative estimate of drug-likeness (QED) is 0.152. The number of nitrogens with one attached hydrogen (secondary N) is 1. The molecule has 0 spiro atoms. The molecule has 0 heterocycles. The molecule has 0 fully saturated rings. The number of hydrogen-bond acceptors (Lipinski definition) is 7. The molecule has 14 heteroatoms. The number of amides is 1. The molecule has 1 N–H and O–H groups in total. The molecule has 4 rings (SSSR count). The zero-order valence-corrected chi connectivity index (χ0v) is 24.1. The van der Waals surface area contributed by atoms with Gasteiger partial charge in [-0.2, -0.15) is 21.6 Å². The van der Waals surface area contributed by atoms with Gasteiger partial charge in [0.1, 0.15) is 18.2 Å². The summed E-state index contributed by atoms with van der Waals surface area (Å²) in [6.45, 7) is 0.0790. The molecule has 0 radical (unpaired) electrons. The zero-order valence-electron chi connectivity index (χ0n) is 23.3. The van der Waals surface area contributed by atoms with E-state index in [4.69, 9.17) is 18.4 Å². The molecule has 1 amide bonds. The summed E-state index contributed by atoms with van der Waals surface area (Å²) < 4.78 is 115. The summed E-state index contributed by atoms with van der Waals surface area (Å²) in [5.41, 5.74) is -0.0761. The van der Waals surface area contributed by atoms with Crippen LogP contribution >= 0.6 is 0 Å². The molecule has 0 atom stereocenters. The Morgan fingerprint density at radius 2 is 1.52 bits per heavy atom. The average molecular weight is 638 g/mol. The molecule has 4 aromatic carbocycles. The van der Waals surface area contributed by atoms with Crippen LogP contribution in [-0.2, 0) is 21.5 Å². The Balaban J connectivity index is 1.82. The predicted molar refractivity (Wildman–Crippen MR) is 151 cm³/mol. The molecule has 0 aliphatic heterocycles. The van der Waals surface area contributed by atoms with Crippen molar-refractivity contribution < 1.29 is 53.6 Å². The number of halogens is 5. The molecule has 0 saturated carbocycles. The van der Waals surface area contributed by atoms with Gasteiger partial charge in [0.2, 0.25) is 0 Å². The topological polar surface area (TPSA) is 100 Å². The van der Waals surface area contributed by atoms with Gasteiger partial charge in [-0.25, -0.2) is 8.78 Å². The Hall–Kier alpha value is -4.85. The van der Waals surface area contributed by atoms with E-state index < -0.39 is 45.3 Å². The summed E-state index contributed by atoms with van der Waals surface area (Å²) in [7, 11) is -1.91. The zero-order chi connectivity index (χ0) is 32.2. The van der Waals surface area contributed by atoms with E-state index in [1.54, 1.807) is 29.6 Å². The molecule has 44 heavy (non-hydrogen) atoms. The second-order valence-electron chi connectivity index (χ2n) is 9.22. The largest absolute Gasteiger partial charge is 0.496 e. The van der Waals surface area contributed by atoms with Crippen LogP contribution in [0.1, 0.15) is 5.56 Å². The van der Waals surface area contributed by atoms with Gasteiger partial charge in [0.05, 0.1) is 26.0 Å². The van der Waals surface area contributed by atoms with E-state index in [1.165, 1.54) is 25.3 Å². The van der Waals surface area contributed by atoms with Crippen molar-refractivity contribution in [3.05, 3.63) is 90.0 Å². The molecular formula is C30H24F5NO7S. The maximum absolute atomic E-state index is 15.3. The second-order valence-corrected chi connectivity index (χ2v) is 10.8. The first-order valence-electron chi connectivity index (χ1n) is 12.5. The maximum Gasteiger partial charge on any atom is 0.471 e. The number of rotatable bonds is 10. The lowest BCUT2D eigenvalue weighted by Crippen LogP contribution is -2.29. The summed E-state index contributed by atoms with van der Waals surface area (Å²) >= 11 is 0. The Morgan fingerprint density at radius 3 is 2.09 bits per heavy atom. The highest BCUT2D eigenvalue weighted by Gasteiger charge is 2.38. The van der Waals surface area contributed by atoms with Gasteiger partial charge in [0.25, 0.3) is 0 Å². The van der Waals surface area contributed by atoms with Gasteiger partial charge >= 0.3 is 22.2 Å². The van der Waals surface area contributed by atoms with E-state index in [-0.39, 0.29) is 46.1 Å². The van der Waals surface area contributed by atoms with Crippen molar-refractivity contribution in [2.45, 2.75) is 12.8 Å². The Labute approximate surface area is 249 Å². The van der Waals surface area contributed by atoms with Crippen LogP contribution in [-0.4, -0.2) is 41.0 Å². The third-order valence-corrected chi connectivity index (χ3v) is 6.56. The van der Waals surface area contributed by atoms with Crippen molar-refractivity contribution in [2.24, 2.45) is 0 Å². The van der Waals surface area contributed by atoms with Crippen LogP contribution in [0.2, 0.25) is 0 Å². The molecular weight excluding hydrogens is 613 g/mol. The highest BCUT2D eigenvalue weighted by molar-refractivity contribution is 7.86. The SMILES string of the molecule is COc1cc(-c2ccc(NC(=O)C(F)(F)F)cc2F)c(OC)c(OS(C)(=O)=O)c1-c1ccc(OCc2ccccc2)c(F)c1. The minimum Gasteiger partial charge on any atom is -0.496 e. The van der Waals surface area contributed by atoms with Crippen molar-refractivity contribution in [1.82, 2.24) is 0 Å². The molecule has 0 aromatic heterocycles. The van der Waals surface area contributed by atoms with Crippen LogP contribution < -0.4 is 23.7 Å². The standard InChI is InChI=1S/C30H24F5NO7S/c1-40-25-15-21(20-11-10-19(14-22(20)31)36-29(37)30(33,34)35)27(41-2)28(43-44(3,38)39)26(25)18-9-12-24(23(32)13-18)42-16-17-7-5-4-6-8-17/h4-15H,16H2,1-3H3,(H,36,37). The minimum absolute atomic E-state index is 0.0681. The Morgan fingerprint density at radius 1 is 0.818 bits per heavy atom. The lowest BCUT2D eigenvalue weighted by Gasteiger charge is -2.21. The third kappa shape index (κ3) is 7.37. The Bertz CT molecular complexity index is 1800. The van der Waals surface area contributed by atoms with E-state index in [1.807, 2.05) is 6.07 Å². The highest BCUT2D eigenvalue weighted by atomic mass is 32.2. The van der Waals surface area contributed by atoms with Crippen LogP contribution in [0.3, 0.4) is 0 Å². The second kappa shape index (κ2) is 12.8. The number of carbonyl (C=O) groups excluding carboxylic acids is 1. The summed E-state index contributed by atoms with van der Waals surface area (Å²) in [4.78, 5) is 11.3. The van der Waals surface area contributed by atoms with E-state index in [9.17, 15) is 26.4 Å². The maximum atomic E-state index is 15.3. The fourth-order valence-corrected chi connectivity index (χ4v) is 4.67. The summed E-state index contributed by atoms with van der Waals surface area (Å²) in [6.07, 6.45) is -4.46. The molecule has 0 unspecified atom stereocenters. The minimum atomic E-state index is -5.20. The van der Waals surface area contributed by atoms with Gasteiger partial charge in [0, 0.05) is 16.8 Å². The van der Waals surface area contributed by atoms with E-state index in [0.717, 1.165) is 37.1 Å².